The highest BCUT2D eigenvalue weighted by atomic mass is 32.1. The van der Waals surface area contributed by atoms with Gasteiger partial charge in [-0.3, -0.25) is 14.6 Å². The van der Waals surface area contributed by atoms with Crippen molar-refractivity contribution in [3.63, 3.8) is 0 Å². The number of hydrogen-bond acceptors (Lipinski definition) is 6. The minimum atomic E-state index is -0.550. The largest absolute Gasteiger partial charge is 0.493 e. The van der Waals surface area contributed by atoms with Crippen molar-refractivity contribution in [2.24, 2.45) is 4.99 Å². The molecule has 0 fully saturated rings. The van der Waals surface area contributed by atoms with Crippen LogP contribution in [0.1, 0.15) is 33.9 Å². The van der Waals surface area contributed by atoms with Crippen LogP contribution in [-0.2, 0) is 11.3 Å². The Morgan fingerprint density at radius 3 is 2.65 bits per heavy atom. The Morgan fingerprint density at radius 2 is 1.97 bits per heavy atom. The molecule has 1 N–H and O–H groups in total. The highest BCUT2D eigenvalue weighted by molar-refractivity contribution is 7.09. The second-order valence-corrected chi connectivity index (χ2v) is 7.95. The van der Waals surface area contributed by atoms with Gasteiger partial charge in [-0.2, -0.15) is 4.99 Å². The van der Waals surface area contributed by atoms with Gasteiger partial charge in [0.25, 0.3) is 5.91 Å². The molecule has 9 heteroatoms. The molecule has 3 aromatic rings. The minimum Gasteiger partial charge on any atom is -0.493 e. The molecule has 162 valence electrons. The van der Waals surface area contributed by atoms with E-state index in [-0.39, 0.29) is 5.91 Å². The van der Waals surface area contributed by atoms with Crippen molar-refractivity contribution in [3.05, 3.63) is 69.7 Å². The molecule has 1 atom stereocenters. The lowest BCUT2D eigenvalue weighted by atomic mass is 10.2. The maximum atomic E-state index is 12.8. The standard InChI is InChI=1S/C22H24N4O4S/c1-14-13-26(15(2)20(27)24-12-17-7-5-6-10-23-17)22(31-14)25-21(28)16-8-9-18(29-3)19(11-16)30-4/h5-11,13,15H,12H2,1-4H3,(H,24,27)/t15-/m0/s1. The molecule has 0 bridgehead atoms. The zero-order valence-electron chi connectivity index (χ0n) is 17.8. The predicted molar refractivity (Wildman–Crippen MR) is 117 cm³/mol. The number of aryl methyl sites for hydroxylation is 1. The summed E-state index contributed by atoms with van der Waals surface area (Å²) in [5.74, 6) is 0.349. The third kappa shape index (κ3) is 5.37. The zero-order valence-corrected chi connectivity index (χ0v) is 18.6. The molecule has 0 aliphatic rings. The van der Waals surface area contributed by atoms with Gasteiger partial charge in [-0.05, 0) is 44.2 Å². The summed E-state index contributed by atoms with van der Waals surface area (Å²) < 4.78 is 12.2. The average molecular weight is 441 g/mol. The average Bonchev–Trinajstić information content (AvgIpc) is 3.16. The van der Waals surface area contributed by atoms with E-state index in [1.54, 1.807) is 35.9 Å². The zero-order chi connectivity index (χ0) is 22.4. The smallest absolute Gasteiger partial charge is 0.279 e. The lowest BCUT2D eigenvalue weighted by molar-refractivity contribution is -0.124. The van der Waals surface area contributed by atoms with Gasteiger partial charge in [0.1, 0.15) is 6.04 Å². The Morgan fingerprint density at radius 1 is 1.19 bits per heavy atom. The highest BCUT2D eigenvalue weighted by Crippen LogP contribution is 2.27. The Labute approximate surface area is 184 Å². The third-order valence-corrected chi connectivity index (χ3v) is 5.50. The molecule has 0 spiro atoms. The number of benzene rings is 1. The van der Waals surface area contributed by atoms with Gasteiger partial charge in [0, 0.05) is 22.8 Å². The first-order valence-electron chi connectivity index (χ1n) is 9.60. The first-order chi connectivity index (χ1) is 14.9. The van der Waals surface area contributed by atoms with Gasteiger partial charge in [0.05, 0.1) is 26.5 Å². The number of nitrogens with zero attached hydrogens (tertiary/aromatic N) is 3. The van der Waals surface area contributed by atoms with E-state index < -0.39 is 11.9 Å². The van der Waals surface area contributed by atoms with Crippen LogP contribution in [0.15, 0.2) is 53.8 Å². The summed E-state index contributed by atoms with van der Waals surface area (Å²) in [5.41, 5.74) is 1.13. The lowest BCUT2D eigenvalue weighted by Crippen LogP contribution is -2.34. The number of rotatable bonds is 7. The molecule has 3 rings (SSSR count). The Bertz CT molecular complexity index is 1140. The van der Waals surface area contributed by atoms with Crippen LogP contribution in [0.3, 0.4) is 0 Å². The molecule has 2 amide bonds. The van der Waals surface area contributed by atoms with E-state index in [9.17, 15) is 9.59 Å². The van der Waals surface area contributed by atoms with E-state index in [1.807, 2.05) is 31.3 Å². The number of ether oxygens (including phenoxy) is 2. The molecule has 0 unspecified atom stereocenters. The van der Waals surface area contributed by atoms with E-state index in [0.29, 0.717) is 28.4 Å². The van der Waals surface area contributed by atoms with Crippen LogP contribution < -0.4 is 19.6 Å². The number of pyridine rings is 1. The summed E-state index contributed by atoms with van der Waals surface area (Å²) in [6.45, 7) is 3.99. The highest BCUT2D eigenvalue weighted by Gasteiger charge is 2.18. The number of amides is 2. The summed E-state index contributed by atoms with van der Waals surface area (Å²) in [7, 11) is 3.03. The van der Waals surface area contributed by atoms with E-state index >= 15 is 0 Å². The van der Waals surface area contributed by atoms with Gasteiger partial charge in [-0.15, -0.1) is 11.3 Å². The number of carbonyl (C=O) groups is 2. The first-order valence-corrected chi connectivity index (χ1v) is 10.4. The van der Waals surface area contributed by atoms with Crippen LogP contribution in [0.25, 0.3) is 0 Å². The van der Waals surface area contributed by atoms with E-state index in [4.69, 9.17) is 9.47 Å². The second-order valence-electron chi connectivity index (χ2n) is 6.73. The summed E-state index contributed by atoms with van der Waals surface area (Å²) in [5, 5.41) is 2.87. The van der Waals surface area contributed by atoms with Crippen LogP contribution in [0, 0.1) is 6.92 Å². The van der Waals surface area contributed by atoms with Crippen molar-refractivity contribution in [2.45, 2.75) is 26.4 Å². The minimum absolute atomic E-state index is 0.191. The molecule has 2 aromatic heterocycles. The van der Waals surface area contributed by atoms with Crippen LogP contribution >= 0.6 is 11.3 Å². The summed E-state index contributed by atoms with van der Waals surface area (Å²) in [6.07, 6.45) is 3.50. The maximum absolute atomic E-state index is 12.8. The van der Waals surface area contributed by atoms with Crippen LogP contribution in [0.5, 0.6) is 11.5 Å². The fourth-order valence-electron chi connectivity index (χ4n) is 2.91. The topological polar surface area (TPSA) is 94.8 Å². The quantitative estimate of drug-likeness (QED) is 0.610. The monoisotopic (exact) mass is 440 g/mol. The van der Waals surface area contributed by atoms with E-state index in [0.717, 1.165) is 10.6 Å². The summed E-state index contributed by atoms with van der Waals surface area (Å²) >= 11 is 1.34. The number of thiazole rings is 1. The molecule has 8 nitrogen and oxygen atoms in total. The molecule has 2 heterocycles. The third-order valence-electron chi connectivity index (χ3n) is 4.59. The van der Waals surface area contributed by atoms with Crippen molar-refractivity contribution in [3.8, 4) is 11.5 Å². The molecule has 0 radical (unpaired) electrons. The normalized spacial score (nSPS) is 12.3. The van der Waals surface area contributed by atoms with Crippen molar-refractivity contribution >= 4 is 23.2 Å². The molecule has 31 heavy (non-hydrogen) atoms. The van der Waals surface area contributed by atoms with Crippen molar-refractivity contribution in [1.29, 1.82) is 0 Å². The maximum Gasteiger partial charge on any atom is 0.279 e. The van der Waals surface area contributed by atoms with Gasteiger partial charge in [-0.1, -0.05) is 6.07 Å². The Kier molecular flexibility index (Phi) is 7.19. The fraction of sp³-hybridized carbons (Fsp3) is 0.273. The Balaban J connectivity index is 1.82. The van der Waals surface area contributed by atoms with E-state index in [2.05, 4.69) is 15.3 Å². The van der Waals surface area contributed by atoms with Gasteiger partial charge < -0.3 is 19.4 Å². The fourth-order valence-corrected chi connectivity index (χ4v) is 3.81. The molecule has 0 aliphatic heterocycles. The number of nitrogens with one attached hydrogen (secondary N) is 1. The molecular formula is C22H24N4O4S. The van der Waals surface area contributed by atoms with Gasteiger partial charge in [-0.25, -0.2) is 0 Å². The van der Waals surface area contributed by atoms with Crippen molar-refractivity contribution in [1.82, 2.24) is 14.9 Å². The Hall–Kier alpha value is -3.46. The van der Waals surface area contributed by atoms with Crippen molar-refractivity contribution < 1.29 is 19.1 Å². The molecular weight excluding hydrogens is 416 g/mol. The number of methoxy groups -OCH3 is 2. The number of hydrogen-bond donors (Lipinski definition) is 1. The van der Waals surface area contributed by atoms with Gasteiger partial charge in [0.2, 0.25) is 5.91 Å². The molecule has 0 saturated heterocycles. The van der Waals surface area contributed by atoms with Crippen LogP contribution in [-0.4, -0.2) is 35.6 Å². The van der Waals surface area contributed by atoms with Crippen LogP contribution in [0.2, 0.25) is 0 Å². The second kappa shape index (κ2) is 10.0. The van der Waals surface area contributed by atoms with Gasteiger partial charge >= 0.3 is 0 Å². The van der Waals surface area contributed by atoms with Crippen LogP contribution in [0.4, 0.5) is 0 Å². The molecule has 1 aromatic carbocycles. The lowest BCUT2D eigenvalue weighted by Gasteiger charge is -2.13. The van der Waals surface area contributed by atoms with Gasteiger partial charge in [0.15, 0.2) is 16.3 Å². The first kappa shape index (κ1) is 22.2. The summed E-state index contributed by atoms with van der Waals surface area (Å²) in [4.78, 5) is 35.3. The number of aromatic nitrogens is 2. The predicted octanol–water partition coefficient (Wildman–Crippen LogP) is 2.89. The SMILES string of the molecule is COc1ccc(C(=O)N=c2sc(C)cn2[C@@H](C)C(=O)NCc2ccccn2)cc1OC. The number of carbonyl (C=O) groups excluding carboxylic acids is 2. The molecule has 0 saturated carbocycles. The summed E-state index contributed by atoms with van der Waals surface area (Å²) in [6, 6.07) is 9.84. The van der Waals surface area contributed by atoms with E-state index in [1.165, 1.54) is 25.6 Å². The van der Waals surface area contributed by atoms with Crippen molar-refractivity contribution in [2.75, 3.05) is 14.2 Å². The molecule has 0 aliphatic carbocycles.